The Morgan fingerprint density at radius 2 is 1.69 bits per heavy atom. The third-order valence-electron chi connectivity index (χ3n) is 5.14. The number of amides is 1. The molecule has 1 heterocycles. The van der Waals surface area contributed by atoms with Crippen LogP contribution in [0.5, 0.6) is 5.75 Å². The first-order valence-electron chi connectivity index (χ1n) is 12.5. The molecular formula is C27H37F3N4O5. The quantitative estimate of drug-likeness (QED) is 0.287. The summed E-state index contributed by atoms with van der Waals surface area (Å²) in [6, 6.07) is 4.38. The number of alkyl halides is 3. The number of aromatic nitrogens is 2. The summed E-state index contributed by atoms with van der Waals surface area (Å²) in [5.41, 5.74) is 3.73. The largest absolute Gasteiger partial charge is 0.517 e. The smallest absolute Gasteiger partial charge is 0.491 e. The van der Waals surface area contributed by atoms with E-state index in [1.54, 1.807) is 41.5 Å². The van der Waals surface area contributed by atoms with Crippen LogP contribution in [0, 0.1) is 5.92 Å². The summed E-state index contributed by atoms with van der Waals surface area (Å²) >= 11 is 0. The second-order valence-corrected chi connectivity index (χ2v) is 11.3. The standard InChI is InChI=1S/C27H37F3N4O5/c1-16(2)14-26(8,31)15-37-21-10-9-18(13-19(21)27(28,29)30)20-11-12-32-22(33-20)34(17(3)4)23(35)38-24(36)39-25(5,6)7/h9-13,16-17H,14-15,31H2,1-8H3/t26-/m0/s1. The Bertz CT molecular complexity index is 1160. The molecule has 0 radical (unpaired) electrons. The van der Waals surface area contributed by atoms with Crippen LogP contribution in [-0.2, 0) is 15.7 Å². The maximum absolute atomic E-state index is 14.0. The van der Waals surface area contributed by atoms with Crippen molar-refractivity contribution in [3.63, 3.8) is 0 Å². The first kappa shape index (κ1) is 31.8. The SMILES string of the molecule is CC(C)C[C@](C)(N)COc1ccc(-c2ccnc(N(C(=O)OC(=O)OC(C)(C)C)C(C)C)n2)cc1C(F)(F)F. The lowest BCUT2D eigenvalue weighted by Gasteiger charge is -2.27. The highest BCUT2D eigenvalue weighted by Crippen LogP contribution is 2.39. The number of carbonyl (C=O) groups excluding carboxylic acids is 2. The molecule has 0 fully saturated rings. The Morgan fingerprint density at radius 3 is 2.23 bits per heavy atom. The molecule has 1 aromatic carbocycles. The molecule has 0 spiro atoms. The number of carbonyl (C=O) groups is 2. The Balaban J connectivity index is 2.39. The molecule has 1 aromatic heterocycles. The zero-order chi connectivity index (χ0) is 29.8. The molecule has 1 amide bonds. The number of benzene rings is 1. The average Bonchev–Trinajstić information content (AvgIpc) is 2.75. The normalized spacial score (nSPS) is 13.7. The van der Waals surface area contributed by atoms with Crippen molar-refractivity contribution >= 4 is 18.2 Å². The van der Waals surface area contributed by atoms with Gasteiger partial charge in [-0.15, -0.1) is 0 Å². The van der Waals surface area contributed by atoms with Gasteiger partial charge in [0.1, 0.15) is 18.0 Å². The van der Waals surface area contributed by atoms with Gasteiger partial charge in [-0.2, -0.15) is 13.2 Å². The molecule has 216 valence electrons. The molecule has 39 heavy (non-hydrogen) atoms. The highest BCUT2D eigenvalue weighted by Gasteiger charge is 2.36. The fourth-order valence-electron chi connectivity index (χ4n) is 3.81. The monoisotopic (exact) mass is 554 g/mol. The van der Waals surface area contributed by atoms with Gasteiger partial charge in [0.15, 0.2) is 0 Å². The zero-order valence-corrected chi connectivity index (χ0v) is 23.5. The summed E-state index contributed by atoms with van der Waals surface area (Å²) in [5, 5.41) is 0. The van der Waals surface area contributed by atoms with Crippen molar-refractivity contribution in [2.45, 2.75) is 85.2 Å². The van der Waals surface area contributed by atoms with Gasteiger partial charge in [0.25, 0.3) is 0 Å². The van der Waals surface area contributed by atoms with Crippen molar-refractivity contribution in [2.24, 2.45) is 11.7 Å². The number of nitrogens with zero attached hydrogens (tertiary/aromatic N) is 3. The number of halogens is 3. The van der Waals surface area contributed by atoms with Gasteiger partial charge in [0.05, 0.1) is 11.3 Å². The minimum Gasteiger partial charge on any atom is -0.491 e. The molecule has 1 atom stereocenters. The molecule has 0 aliphatic carbocycles. The minimum atomic E-state index is -4.72. The van der Waals surface area contributed by atoms with Crippen LogP contribution in [0.3, 0.4) is 0 Å². The van der Waals surface area contributed by atoms with Crippen molar-refractivity contribution in [3.05, 3.63) is 36.0 Å². The Morgan fingerprint density at radius 1 is 1.05 bits per heavy atom. The molecule has 0 bridgehead atoms. The number of rotatable bonds is 8. The van der Waals surface area contributed by atoms with Crippen LogP contribution in [0.15, 0.2) is 30.5 Å². The molecule has 2 rings (SSSR count). The van der Waals surface area contributed by atoms with Crippen LogP contribution < -0.4 is 15.4 Å². The lowest BCUT2D eigenvalue weighted by Crippen LogP contribution is -2.43. The van der Waals surface area contributed by atoms with E-state index < -0.39 is 41.2 Å². The molecule has 0 aliphatic rings. The van der Waals surface area contributed by atoms with Crippen LogP contribution in [0.4, 0.5) is 28.7 Å². The van der Waals surface area contributed by atoms with E-state index in [2.05, 4.69) is 9.97 Å². The van der Waals surface area contributed by atoms with Gasteiger partial charge in [-0.3, -0.25) is 0 Å². The van der Waals surface area contributed by atoms with Crippen LogP contribution in [0.25, 0.3) is 11.3 Å². The van der Waals surface area contributed by atoms with Gasteiger partial charge in [0, 0.05) is 23.3 Å². The maximum Gasteiger partial charge on any atom is 0.517 e. The van der Waals surface area contributed by atoms with E-state index in [9.17, 15) is 22.8 Å². The second kappa shape index (κ2) is 12.2. The second-order valence-electron chi connectivity index (χ2n) is 11.3. The number of hydrogen-bond acceptors (Lipinski definition) is 8. The summed E-state index contributed by atoms with van der Waals surface area (Å²) in [6.45, 7) is 13.6. The van der Waals surface area contributed by atoms with E-state index >= 15 is 0 Å². The molecular weight excluding hydrogens is 517 g/mol. The summed E-state index contributed by atoms with van der Waals surface area (Å²) in [7, 11) is 0. The Hall–Kier alpha value is -3.41. The van der Waals surface area contributed by atoms with Crippen molar-refractivity contribution in [3.8, 4) is 17.0 Å². The van der Waals surface area contributed by atoms with Gasteiger partial charge in [0.2, 0.25) is 5.95 Å². The van der Waals surface area contributed by atoms with Gasteiger partial charge in [-0.1, -0.05) is 13.8 Å². The molecule has 0 saturated carbocycles. The lowest BCUT2D eigenvalue weighted by molar-refractivity contribution is -0.139. The predicted octanol–water partition coefficient (Wildman–Crippen LogP) is 6.59. The summed E-state index contributed by atoms with van der Waals surface area (Å²) in [5.74, 6) is -0.282. The Kier molecular flexibility index (Phi) is 9.94. The van der Waals surface area contributed by atoms with E-state index in [0.717, 1.165) is 11.0 Å². The van der Waals surface area contributed by atoms with Crippen molar-refractivity contribution in [1.29, 1.82) is 0 Å². The molecule has 0 unspecified atom stereocenters. The Labute approximate surface area is 226 Å². The fraction of sp³-hybridized carbons (Fsp3) is 0.556. The van der Waals surface area contributed by atoms with Crippen LogP contribution >= 0.6 is 0 Å². The highest BCUT2D eigenvalue weighted by atomic mass is 19.4. The topological polar surface area (TPSA) is 117 Å². The summed E-state index contributed by atoms with van der Waals surface area (Å²) in [6.07, 6.45) is -5.16. The lowest BCUT2D eigenvalue weighted by atomic mass is 9.93. The molecule has 9 nitrogen and oxygen atoms in total. The van der Waals surface area contributed by atoms with E-state index in [0.29, 0.717) is 6.42 Å². The van der Waals surface area contributed by atoms with Crippen LogP contribution in [0.1, 0.15) is 67.4 Å². The zero-order valence-electron chi connectivity index (χ0n) is 23.5. The fourth-order valence-corrected chi connectivity index (χ4v) is 3.81. The third-order valence-corrected chi connectivity index (χ3v) is 5.14. The van der Waals surface area contributed by atoms with Crippen LogP contribution in [-0.4, -0.2) is 46.0 Å². The molecule has 12 heteroatoms. The minimum absolute atomic E-state index is 0.103. The van der Waals surface area contributed by atoms with Crippen molar-refractivity contribution in [2.75, 3.05) is 11.5 Å². The van der Waals surface area contributed by atoms with Gasteiger partial charge in [-0.25, -0.2) is 24.5 Å². The first-order chi connectivity index (χ1) is 17.8. The van der Waals surface area contributed by atoms with Crippen molar-refractivity contribution in [1.82, 2.24) is 9.97 Å². The first-order valence-corrected chi connectivity index (χ1v) is 12.5. The number of ether oxygens (including phenoxy) is 3. The van der Waals surface area contributed by atoms with Gasteiger partial charge in [-0.05, 0) is 78.1 Å². The average molecular weight is 555 g/mol. The van der Waals surface area contributed by atoms with Crippen molar-refractivity contribution < 1.29 is 37.0 Å². The number of anilines is 1. The molecule has 0 saturated heterocycles. The number of nitrogens with two attached hydrogens (primary N) is 1. The van der Waals surface area contributed by atoms with E-state index in [-0.39, 0.29) is 35.5 Å². The van der Waals surface area contributed by atoms with E-state index in [4.69, 9.17) is 19.9 Å². The summed E-state index contributed by atoms with van der Waals surface area (Å²) in [4.78, 5) is 34.0. The molecule has 2 N–H and O–H groups in total. The van der Waals surface area contributed by atoms with Gasteiger partial charge < -0.3 is 19.9 Å². The summed E-state index contributed by atoms with van der Waals surface area (Å²) < 4.78 is 57.2. The number of hydrogen-bond donors (Lipinski definition) is 1. The maximum atomic E-state index is 14.0. The van der Waals surface area contributed by atoms with Crippen LogP contribution in [0.2, 0.25) is 0 Å². The van der Waals surface area contributed by atoms with E-state index in [1.165, 1.54) is 24.4 Å². The third kappa shape index (κ3) is 9.68. The van der Waals surface area contributed by atoms with Gasteiger partial charge >= 0.3 is 18.4 Å². The predicted molar refractivity (Wildman–Crippen MR) is 140 cm³/mol. The molecule has 2 aromatic rings. The highest BCUT2D eigenvalue weighted by molar-refractivity contribution is 5.92. The molecule has 0 aliphatic heterocycles. The van der Waals surface area contributed by atoms with E-state index in [1.807, 2.05) is 13.8 Å².